The van der Waals surface area contributed by atoms with Crippen molar-refractivity contribution in [2.75, 3.05) is 18.8 Å². The van der Waals surface area contributed by atoms with Crippen molar-refractivity contribution in [3.63, 3.8) is 0 Å². The summed E-state index contributed by atoms with van der Waals surface area (Å²) in [6.07, 6.45) is 0. The second-order valence-corrected chi connectivity index (χ2v) is 4.90. The Bertz CT molecular complexity index is 437. The van der Waals surface area contributed by atoms with Crippen molar-refractivity contribution in [3.05, 3.63) is 29.6 Å². The number of benzene rings is 1. The van der Waals surface area contributed by atoms with E-state index in [1.54, 1.807) is 11.0 Å². The van der Waals surface area contributed by atoms with Crippen molar-refractivity contribution in [2.24, 2.45) is 11.8 Å². The van der Waals surface area contributed by atoms with E-state index in [2.05, 4.69) is 13.8 Å². The molecule has 1 aromatic rings. The van der Waals surface area contributed by atoms with Crippen LogP contribution in [0.5, 0.6) is 0 Å². The lowest BCUT2D eigenvalue weighted by molar-refractivity contribution is 0.0784. The SMILES string of the molecule is CC1CN(C(=O)c2ccc(N)c(F)c2)CC1C. The second kappa shape index (κ2) is 4.35. The lowest BCUT2D eigenvalue weighted by atomic mass is 10.0. The highest BCUT2D eigenvalue weighted by Crippen LogP contribution is 2.24. The minimum atomic E-state index is -0.531. The highest BCUT2D eigenvalue weighted by molar-refractivity contribution is 5.94. The monoisotopic (exact) mass is 236 g/mol. The van der Waals surface area contributed by atoms with Gasteiger partial charge in [0, 0.05) is 18.7 Å². The molecule has 1 aliphatic rings. The Hall–Kier alpha value is -1.58. The summed E-state index contributed by atoms with van der Waals surface area (Å²) in [7, 11) is 0. The second-order valence-electron chi connectivity index (χ2n) is 4.90. The fraction of sp³-hybridized carbons (Fsp3) is 0.462. The van der Waals surface area contributed by atoms with Crippen molar-refractivity contribution in [2.45, 2.75) is 13.8 Å². The molecule has 0 spiro atoms. The first-order valence-corrected chi connectivity index (χ1v) is 5.83. The molecule has 1 heterocycles. The molecule has 2 rings (SSSR count). The van der Waals surface area contributed by atoms with Crippen LogP contribution in [0.3, 0.4) is 0 Å². The molecule has 0 saturated carbocycles. The van der Waals surface area contributed by atoms with Gasteiger partial charge in [-0.05, 0) is 30.0 Å². The van der Waals surface area contributed by atoms with Crippen LogP contribution in [0.2, 0.25) is 0 Å². The Labute approximate surface area is 100 Å². The molecule has 92 valence electrons. The molecular weight excluding hydrogens is 219 g/mol. The number of likely N-dealkylation sites (tertiary alicyclic amines) is 1. The minimum Gasteiger partial charge on any atom is -0.396 e. The van der Waals surface area contributed by atoms with Crippen LogP contribution >= 0.6 is 0 Å². The van der Waals surface area contributed by atoms with E-state index in [0.717, 1.165) is 13.1 Å². The van der Waals surface area contributed by atoms with E-state index < -0.39 is 5.82 Å². The number of halogens is 1. The number of carbonyl (C=O) groups excluding carboxylic acids is 1. The normalized spacial score (nSPS) is 24.1. The lowest BCUT2D eigenvalue weighted by Crippen LogP contribution is -2.28. The summed E-state index contributed by atoms with van der Waals surface area (Å²) in [4.78, 5) is 13.9. The Morgan fingerprint density at radius 3 is 2.47 bits per heavy atom. The molecule has 0 bridgehead atoms. The van der Waals surface area contributed by atoms with Gasteiger partial charge in [0.2, 0.25) is 0 Å². The van der Waals surface area contributed by atoms with Crippen LogP contribution in [-0.4, -0.2) is 23.9 Å². The average Bonchev–Trinajstić information content (AvgIpc) is 2.62. The van der Waals surface area contributed by atoms with Gasteiger partial charge in [-0.2, -0.15) is 0 Å². The summed E-state index contributed by atoms with van der Waals surface area (Å²) in [6.45, 7) is 5.74. The molecule has 4 heteroatoms. The summed E-state index contributed by atoms with van der Waals surface area (Å²) in [6, 6.07) is 4.23. The number of hydrogen-bond donors (Lipinski definition) is 1. The van der Waals surface area contributed by atoms with Crippen LogP contribution < -0.4 is 5.73 Å². The molecule has 1 aromatic carbocycles. The predicted molar refractivity (Wildman–Crippen MR) is 65.0 cm³/mol. The third-order valence-corrected chi connectivity index (χ3v) is 3.52. The Morgan fingerprint density at radius 2 is 1.94 bits per heavy atom. The van der Waals surface area contributed by atoms with E-state index in [4.69, 9.17) is 5.73 Å². The van der Waals surface area contributed by atoms with Crippen LogP contribution in [0.25, 0.3) is 0 Å². The maximum atomic E-state index is 13.3. The van der Waals surface area contributed by atoms with Gasteiger partial charge in [-0.25, -0.2) is 4.39 Å². The molecular formula is C13H17FN2O. The molecule has 2 atom stereocenters. The van der Waals surface area contributed by atoms with Gasteiger partial charge in [0.15, 0.2) is 0 Å². The fourth-order valence-corrected chi connectivity index (χ4v) is 2.14. The Balaban J connectivity index is 2.17. The van der Waals surface area contributed by atoms with Gasteiger partial charge >= 0.3 is 0 Å². The van der Waals surface area contributed by atoms with E-state index in [9.17, 15) is 9.18 Å². The summed E-state index contributed by atoms with van der Waals surface area (Å²) >= 11 is 0. The highest BCUT2D eigenvalue weighted by Gasteiger charge is 2.29. The maximum absolute atomic E-state index is 13.3. The number of nitrogen functional groups attached to an aromatic ring is 1. The third kappa shape index (κ3) is 2.25. The van der Waals surface area contributed by atoms with Crippen molar-refractivity contribution < 1.29 is 9.18 Å². The molecule has 3 nitrogen and oxygen atoms in total. The molecule has 0 aliphatic carbocycles. The van der Waals surface area contributed by atoms with Gasteiger partial charge in [-0.1, -0.05) is 13.8 Å². The van der Waals surface area contributed by atoms with Crippen molar-refractivity contribution in [1.82, 2.24) is 4.90 Å². The first-order chi connectivity index (χ1) is 7.99. The van der Waals surface area contributed by atoms with Crippen LogP contribution in [-0.2, 0) is 0 Å². The number of amides is 1. The number of hydrogen-bond acceptors (Lipinski definition) is 2. The minimum absolute atomic E-state index is 0.0738. The summed E-state index contributed by atoms with van der Waals surface area (Å²) in [5.74, 6) is 0.353. The Kier molecular flexibility index (Phi) is 3.05. The molecule has 2 N–H and O–H groups in total. The number of carbonyl (C=O) groups is 1. The number of rotatable bonds is 1. The number of anilines is 1. The average molecular weight is 236 g/mol. The van der Waals surface area contributed by atoms with Crippen LogP contribution in [0.1, 0.15) is 24.2 Å². The maximum Gasteiger partial charge on any atom is 0.253 e. The van der Waals surface area contributed by atoms with Gasteiger partial charge in [0.05, 0.1) is 5.69 Å². The fourth-order valence-electron chi connectivity index (χ4n) is 2.14. The zero-order valence-electron chi connectivity index (χ0n) is 10.1. The van der Waals surface area contributed by atoms with Gasteiger partial charge in [0.1, 0.15) is 5.82 Å². The molecule has 1 saturated heterocycles. The van der Waals surface area contributed by atoms with Gasteiger partial charge < -0.3 is 10.6 Å². The summed E-state index contributed by atoms with van der Waals surface area (Å²) in [5.41, 5.74) is 5.83. The third-order valence-electron chi connectivity index (χ3n) is 3.52. The molecule has 1 fully saturated rings. The zero-order chi connectivity index (χ0) is 12.6. The van der Waals surface area contributed by atoms with Crippen LogP contribution in [0, 0.1) is 17.7 Å². The van der Waals surface area contributed by atoms with Gasteiger partial charge in [-0.3, -0.25) is 4.79 Å². The molecule has 0 aromatic heterocycles. The van der Waals surface area contributed by atoms with Crippen LogP contribution in [0.15, 0.2) is 18.2 Å². The van der Waals surface area contributed by atoms with E-state index in [1.165, 1.54) is 12.1 Å². The molecule has 2 unspecified atom stereocenters. The quantitative estimate of drug-likeness (QED) is 0.759. The van der Waals surface area contributed by atoms with Crippen LogP contribution in [0.4, 0.5) is 10.1 Å². The summed E-state index contributed by atoms with van der Waals surface area (Å²) < 4.78 is 13.3. The largest absolute Gasteiger partial charge is 0.396 e. The lowest BCUT2D eigenvalue weighted by Gasteiger charge is -2.16. The molecule has 17 heavy (non-hydrogen) atoms. The molecule has 1 amide bonds. The topological polar surface area (TPSA) is 46.3 Å². The predicted octanol–water partition coefficient (Wildman–Crippen LogP) is 2.14. The summed E-state index contributed by atoms with van der Waals surface area (Å²) in [5, 5.41) is 0. The van der Waals surface area contributed by atoms with Gasteiger partial charge in [-0.15, -0.1) is 0 Å². The number of nitrogens with zero attached hydrogens (tertiary/aromatic N) is 1. The van der Waals surface area contributed by atoms with Crippen molar-refractivity contribution >= 4 is 11.6 Å². The first kappa shape index (κ1) is 11.9. The standard InChI is InChI=1S/C13H17FN2O/c1-8-6-16(7-9(8)2)13(17)10-3-4-12(15)11(14)5-10/h3-5,8-9H,6-7,15H2,1-2H3. The van der Waals surface area contributed by atoms with Crippen molar-refractivity contribution in [3.8, 4) is 0 Å². The smallest absolute Gasteiger partial charge is 0.253 e. The van der Waals surface area contributed by atoms with Crippen molar-refractivity contribution in [1.29, 1.82) is 0 Å². The Morgan fingerprint density at radius 1 is 1.35 bits per heavy atom. The number of nitrogens with two attached hydrogens (primary N) is 1. The van der Waals surface area contributed by atoms with E-state index >= 15 is 0 Å². The molecule has 1 aliphatic heterocycles. The van der Waals surface area contributed by atoms with E-state index in [1.807, 2.05) is 0 Å². The zero-order valence-corrected chi connectivity index (χ0v) is 10.1. The highest BCUT2D eigenvalue weighted by atomic mass is 19.1. The van der Waals surface area contributed by atoms with E-state index in [0.29, 0.717) is 17.4 Å². The van der Waals surface area contributed by atoms with Gasteiger partial charge in [0.25, 0.3) is 5.91 Å². The molecule has 0 radical (unpaired) electrons. The first-order valence-electron chi connectivity index (χ1n) is 5.83. The van der Waals surface area contributed by atoms with E-state index in [-0.39, 0.29) is 11.6 Å².